The Bertz CT molecular complexity index is 526. The molecule has 0 spiro atoms. The van der Waals surface area contributed by atoms with Gasteiger partial charge in [-0.2, -0.15) is 0 Å². The number of carbonyl (C=O) groups excluding carboxylic acids is 2. The maximum Gasteiger partial charge on any atom is 0.220 e. The van der Waals surface area contributed by atoms with Crippen molar-refractivity contribution in [2.75, 3.05) is 13.2 Å². The quantitative estimate of drug-likeness (QED) is 0.310. The van der Waals surface area contributed by atoms with Crippen LogP contribution in [-0.4, -0.2) is 71.0 Å². The molecule has 3 N–H and O–H groups in total. The molecule has 2 rings (SSSR count). The van der Waals surface area contributed by atoms with Gasteiger partial charge in [0.15, 0.2) is 0 Å². The van der Waals surface area contributed by atoms with Crippen molar-refractivity contribution >= 4 is 12.1 Å². The third kappa shape index (κ3) is 4.20. The van der Waals surface area contributed by atoms with Crippen LogP contribution in [-0.2, 0) is 23.8 Å². The van der Waals surface area contributed by atoms with Crippen molar-refractivity contribution in [2.24, 2.45) is 0 Å². The number of carbonyl (C=O) groups is 2. The molecule has 0 aliphatic carbocycles. The summed E-state index contributed by atoms with van der Waals surface area (Å²) in [6, 6.07) is 0. The van der Waals surface area contributed by atoms with Gasteiger partial charge in [0.2, 0.25) is 17.9 Å². The lowest BCUT2D eigenvalue weighted by atomic mass is 10.0. The molecule has 0 amide bonds. The van der Waals surface area contributed by atoms with Gasteiger partial charge in [-0.15, -0.1) is 0 Å². The topological polar surface area (TPSA) is 123 Å². The smallest absolute Gasteiger partial charge is 0.220 e. The van der Waals surface area contributed by atoms with Crippen molar-refractivity contribution in [1.82, 2.24) is 0 Å². The van der Waals surface area contributed by atoms with Gasteiger partial charge >= 0.3 is 0 Å². The number of allylic oxidation sites excluding steroid dienone is 1. The van der Waals surface area contributed by atoms with Gasteiger partial charge in [-0.1, -0.05) is 12.2 Å². The molecule has 0 aromatic heterocycles. The van der Waals surface area contributed by atoms with E-state index in [0.717, 1.165) is 6.08 Å². The van der Waals surface area contributed by atoms with Crippen LogP contribution >= 0.6 is 0 Å². The van der Waals surface area contributed by atoms with E-state index in [1.165, 1.54) is 30.4 Å². The van der Waals surface area contributed by atoms with Crippen LogP contribution in [0.4, 0.5) is 0 Å². The predicted molar refractivity (Wildman–Crippen MR) is 76.0 cm³/mol. The molecule has 1 saturated heterocycles. The summed E-state index contributed by atoms with van der Waals surface area (Å²) in [6.45, 7) is -0.398. The van der Waals surface area contributed by atoms with Crippen LogP contribution < -0.4 is 0 Å². The number of ketones is 1. The maximum absolute atomic E-state index is 11.3. The van der Waals surface area contributed by atoms with Crippen molar-refractivity contribution in [3.8, 4) is 0 Å². The number of hydrogen-bond donors (Lipinski definition) is 3. The molecule has 8 nitrogen and oxygen atoms in total. The van der Waals surface area contributed by atoms with E-state index in [9.17, 15) is 19.8 Å². The van der Waals surface area contributed by atoms with E-state index < -0.39 is 42.8 Å². The zero-order valence-corrected chi connectivity index (χ0v) is 12.1. The number of hydrogen-bond acceptors (Lipinski definition) is 8. The SMILES string of the molecule is O=CC=CC1COC(C=CC(O)CO)(C2C=CC(=O)C(O)O2)O1. The Morgan fingerprint density at radius 1 is 1.48 bits per heavy atom. The molecule has 1 fully saturated rings. The third-order valence-electron chi connectivity index (χ3n) is 3.30. The molecule has 2 aliphatic heterocycles. The van der Waals surface area contributed by atoms with E-state index in [-0.39, 0.29) is 6.61 Å². The molecule has 0 bridgehead atoms. The minimum Gasteiger partial charge on any atom is -0.393 e. The molecule has 5 atom stereocenters. The van der Waals surface area contributed by atoms with Gasteiger partial charge in [0, 0.05) is 0 Å². The van der Waals surface area contributed by atoms with E-state index in [0.29, 0.717) is 6.29 Å². The lowest BCUT2D eigenvalue weighted by molar-refractivity contribution is -0.233. The summed E-state index contributed by atoms with van der Waals surface area (Å²) in [4.78, 5) is 21.7. The van der Waals surface area contributed by atoms with Crippen molar-refractivity contribution in [1.29, 1.82) is 0 Å². The van der Waals surface area contributed by atoms with E-state index in [1.807, 2.05) is 0 Å². The second kappa shape index (κ2) is 7.73. The summed E-state index contributed by atoms with van der Waals surface area (Å²) < 4.78 is 16.5. The number of aliphatic hydroxyl groups excluding tert-OH is 3. The van der Waals surface area contributed by atoms with Gasteiger partial charge < -0.3 is 29.5 Å². The largest absolute Gasteiger partial charge is 0.393 e. The Hall–Kier alpha value is -1.68. The fraction of sp³-hybridized carbons (Fsp3) is 0.467. The first-order chi connectivity index (χ1) is 11.0. The molecule has 0 radical (unpaired) electrons. The van der Waals surface area contributed by atoms with Crippen LogP contribution in [0.1, 0.15) is 0 Å². The molecule has 2 aliphatic rings. The highest BCUT2D eigenvalue weighted by Gasteiger charge is 2.48. The van der Waals surface area contributed by atoms with E-state index in [2.05, 4.69) is 0 Å². The summed E-state index contributed by atoms with van der Waals surface area (Å²) in [5.74, 6) is -2.11. The average Bonchev–Trinajstić information content (AvgIpc) is 2.98. The van der Waals surface area contributed by atoms with Crippen molar-refractivity contribution < 1.29 is 39.1 Å². The number of aldehydes is 1. The average molecular weight is 326 g/mol. The van der Waals surface area contributed by atoms with Crippen molar-refractivity contribution in [3.05, 3.63) is 36.5 Å². The number of aliphatic hydroxyl groups is 3. The second-order valence-electron chi connectivity index (χ2n) is 4.99. The second-order valence-corrected chi connectivity index (χ2v) is 4.99. The highest BCUT2D eigenvalue weighted by atomic mass is 16.8. The minimum atomic E-state index is -1.64. The number of rotatable bonds is 6. The third-order valence-corrected chi connectivity index (χ3v) is 3.30. The molecular formula is C15H18O8. The van der Waals surface area contributed by atoms with Gasteiger partial charge in [-0.05, 0) is 24.3 Å². The Morgan fingerprint density at radius 2 is 2.26 bits per heavy atom. The Kier molecular flexibility index (Phi) is 5.94. The van der Waals surface area contributed by atoms with Crippen LogP contribution in [0.3, 0.4) is 0 Å². The maximum atomic E-state index is 11.3. The van der Waals surface area contributed by atoms with Gasteiger partial charge in [0.05, 0.1) is 19.3 Å². The standard InChI is InChI=1S/C15H18O8/c16-7-1-2-11-9-21-15(23-11,6-5-10(18)8-17)13-4-3-12(19)14(20)22-13/h1-7,10-11,13-14,17-18,20H,8-9H2. The molecule has 23 heavy (non-hydrogen) atoms. The van der Waals surface area contributed by atoms with E-state index in [1.54, 1.807) is 0 Å². The molecule has 5 unspecified atom stereocenters. The Labute approximate surface area is 132 Å². The monoisotopic (exact) mass is 326 g/mol. The molecule has 126 valence electrons. The van der Waals surface area contributed by atoms with Crippen LogP contribution in [0.15, 0.2) is 36.5 Å². The van der Waals surface area contributed by atoms with Gasteiger partial charge in [0.25, 0.3) is 0 Å². The lowest BCUT2D eigenvalue weighted by Gasteiger charge is -2.34. The highest BCUT2D eigenvalue weighted by molar-refractivity contribution is 5.93. The zero-order chi connectivity index (χ0) is 16.9. The van der Waals surface area contributed by atoms with Crippen LogP contribution in [0.5, 0.6) is 0 Å². The van der Waals surface area contributed by atoms with Gasteiger partial charge in [-0.25, -0.2) is 0 Å². The lowest BCUT2D eigenvalue weighted by Crippen LogP contribution is -2.48. The minimum absolute atomic E-state index is 0.0989. The first-order valence-corrected chi connectivity index (χ1v) is 6.98. The summed E-state index contributed by atoms with van der Waals surface area (Å²) >= 11 is 0. The van der Waals surface area contributed by atoms with Crippen molar-refractivity contribution in [2.45, 2.75) is 30.4 Å². The summed E-state index contributed by atoms with van der Waals surface area (Å²) in [5, 5.41) is 27.9. The normalized spacial score (nSPS) is 36.1. The summed E-state index contributed by atoms with van der Waals surface area (Å²) in [6.07, 6.45) is 4.17. The van der Waals surface area contributed by atoms with Crippen LogP contribution in [0.2, 0.25) is 0 Å². The molecule has 8 heteroatoms. The molecular weight excluding hydrogens is 308 g/mol. The fourth-order valence-electron chi connectivity index (χ4n) is 2.16. The fourth-order valence-corrected chi connectivity index (χ4v) is 2.16. The van der Waals surface area contributed by atoms with Crippen LogP contribution in [0, 0.1) is 0 Å². The first-order valence-electron chi connectivity index (χ1n) is 6.98. The van der Waals surface area contributed by atoms with Crippen LogP contribution in [0.25, 0.3) is 0 Å². The molecule has 0 aromatic rings. The van der Waals surface area contributed by atoms with Gasteiger partial charge in [-0.3, -0.25) is 9.59 Å². The zero-order valence-electron chi connectivity index (χ0n) is 12.1. The van der Waals surface area contributed by atoms with Gasteiger partial charge in [0.1, 0.15) is 18.5 Å². The predicted octanol–water partition coefficient (Wildman–Crippen LogP) is -1.39. The molecule has 0 saturated carbocycles. The van der Waals surface area contributed by atoms with Crippen molar-refractivity contribution in [3.63, 3.8) is 0 Å². The summed E-state index contributed by atoms with van der Waals surface area (Å²) in [7, 11) is 0. The van der Waals surface area contributed by atoms with E-state index in [4.69, 9.17) is 19.3 Å². The highest BCUT2D eigenvalue weighted by Crippen LogP contribution is 2.34. The Balaban J connectivity index is 2.24. The molecule has 0 aromatic carbocycles. The first kappa shape index (κ1) is 17.7. The summed E-state index contributed by atoms with van der Waals surface area (Å²) in [5.41, 5.74) is 0. The number of ether oxygens (including phenoxy) is 3. The molecule has 2 heterocycles. The Morgan fingerprint density at radius 3 is 2.91 bits per heavy atom. The van der Waals surface area contributed by atoms with E-state index >= 15 is 0 Å².